The van der Waals surface area contributed by atoms with Crippen molar-refractivity contribution in [2.24, 2.45) is 0 Å². The van der Waals surface area contributed by atoms with Gasteiger partial charge in [0.2, 0.25) is 5.91 Å². The predicted octanol–water partition coefficient (Wildman–Crippen LogP) is 2.12. The standard InChI is InChI=1S/C13H23NO3S/c1-3-17-13(16)9-8-12(15)14-10-4-6-11(18-2)7-5-10/h10-11H,3-9H2,1-2H3,(H,14,15). The van der Waals surface area contributed by atoms with Gasteiger partial charge in [0.05, 0.1) is 13.0 Å². The molecule has 1 N–H and O–H groups in total. The number of rotatable bonds is 6. The molecule has 1 rings (SSSR count). The summed E-state index contributed by atoms with van der Waals surface area (Å²) in [6.07, 6.45) is 7.01. The zero-order chi connectivity index (χ0) is 13.4. The lowest BCUT2D eigenvalue weighted by molar-refractivity contribution is -0.144. The highest BCUT2D eigenvalue weighted by atomic mass is 32.2. The predicted molar refractivity (Wildman–Crippen MR) is 73.6 cm³/mol. The number of thioether (sulfide) groups is 1. The number of hydrogen-bond acceptors (Lipinski definition) is 4. The number of carbonyl (C=O) groups excluding carboxylic acids is 2. The molecule has 0 heterocycles. The Morgan fingerprint density at radius 3 is 2.44 bits per heavy atom. The Hall–Kier alpha value is -0.710. The minimum atomic E-state index is -0.293. The van der Waals surface area contributed by atoms with Crippen molar-refractivity contribution in [2.75, 3.05) is 12.9 Å². The van der Waals surface area contributed by atoms with Crippen LogP contribution < -0.4 is 5.32 Å². The minimum Gasteiger partial charge on any atom is -0.466 e. The zero-order valence-electron chi connectivity index (χ0n) is 11.2. The molecule has 18 heavy (non-hydrogen) atoms. The molecule has 5 heteroatoms. The van der Waals surface area contributed by atoms with E-state index in [2.05, 4.69) is 11.6 Å². The van der Waals surface area contributed by atoms with E-state index in [1.165, 1.54) is 12.8 Å². The molecule has 4 nitrogen and oxygen atoms in total. The molecule has 0 aromatic carbocycles. The first-order valence-electron chi connectivity index (χ1n) is 6.63. The van der Waals surface area contributed by atoms with Gasteiger partial charge in [0.1, 0.15) is 0 Å². The fourth-order valence-electron chi connectivity index (χ4n) is 2.19. The maximum absolute atomic E-state index is 11.6. The lowest BCUT2D eigenvalue weighted by atomic mass is 9.95. The largest absolute Gasteiger partial charge is 0.466 e. The van der Waals surface area contributed by atoms with Crippen LogP contribution in [0.2, 0.25) is 0 Å². The van der Waals surface area contributed by atoms with E-state index in [0.717, 1.165) is 18.1 Å². The van der Waals surface area contributed by atoms with Crippen molar-refractivity contribution in [1.29, 1.82) is 0 Å². The molecule has 0 aliphatic heterocycles. The van der Waals surface area contributed by atoms with Crippen LogP contribution in [0.15, 0.2) is 0 Å². The van der Waals surface area contributed by atoms with Gasteiger partial charge in [0.15, 0.2) is 0 Å². The van der Waals surface area contributed by atoms with Crippen LogP contribution in [0.1, 0.15) is 45.4 Å². The second kappa shape index (κ2) is 8.40. The van der Waals surface area contributed by atoms with Crippen LogP contribution in [0.25, 0.3) is 0 Å². The summed E-state index contributed by atoms with van der Waals surface area (Å²) < 4.78 is 4.79. The first kappa shape index (κ1) is 15.3. The SMILES string of the molecule is CCOC(=O)CCC(=O)NC1CCC(SC)CC1. The number of hydrogen-bond donors (Lipinski definition) is 1. The monoisotopic (exact) mass is 273 g/mol. The Morgan fingerprint density at radius 2 is 1.89 bits per heavy atom. The maximum Gasteiger partial charge on any atom is 0.306 e. The summed E-state index contributed by atoms with van der Waals surface area (Å²) in [6, 6.07) is 0.295. The van der Waals surface area contributed by atoms with Gasteiger partial charge in [-0.25, -0.2) is 0 Å². The van der Waals surface area contributed by atoms with E-state index in [0.29, 0.717) is 12.6 Å². The first-order valence-corrected chi connectivity index (χ1v) is 7.92. The van der Waals surface area contributed by atoms with Gasteiger partial charge < -0.3 is 10.1 Å². The lowest BCUT2D eigenvalue weighted by Gasteiger charge is -2.28. The minimum absolute atomic E-state index is 0.0318. The van der Waals surface area contributed by atoms with Gasteiger partial charge in [-0.15, -0.1) is 0 Å². The molecule has 0 aromatic heterocycles. The normalized spacial score (nSPS) is 23.4. The summed E-state index contributed by atoms with van der Waals surface area (Å²) in [5.74, 6) is -0.325. The van der Waals surface area contributed by atoms with Crippen LogP contribution >= 0.6 is 11.8 Å². The average Bonchev–Trinajstić information content (AvgIpc) is 2.38. The molecule has 0 spiro atoms. The molecule has 0 atom stereocenters. The lowest BCUT2D eigenvalue weighted by Crippen LogP contribution is -2.38. The Balaban J connectivity index is 2.15. The van der Waals surface area contributed by atoms with Gasteiger partial charge in [0.25, 0.3) is 0 Å². The molecule has 1 saturated carbocycles. The van der Waals surface area contributed by atoms with Crippen LogP contribution in [0.5, 0.6) is 0 Å². The van der Waals surface area contributed by atoms with E-state index >= 15 is 0 Å². The van der Waals surface area contributed by atoms with E-state index in [9.17, 15) is 9.59 Å². The molecule has 1 aliphatic carbocycles. The van der Waals surface area contributed by atoms with Gasteiger partial charge in [-0.1, -0.05) is 0 Å². The summed E-state index contributed by atoms with van der Waals surface area (Å²) in [5.41, 5.74) is 0. The average molecular weight is 273 g/mol. The van der Waals surface area contributed by atoms with Crippen molar-refractivity contribution in [1.82, 2.24) is 5.32 Å². The zero-order valence-corrected chi connectivity index (χ0v) is 12.1. The quantitative estimate of drug-likeness (QED) is 0.753. The summed E-state index contributed by atoms with van der Waals surface area (Å²) in [5, 5.41) is 3.75. The van der Waals surface area contributed by atoms with Crippen LogP contribution in [0, 0.1) is 0 Å². The summed E-state index contributed by atoms with van der Waals surface area (Å²) in [6.45, 7) is 2.14. The smallest absolute Gasteiger partial charge is 0.306 e. The van der Waals surface area contributed by atoms with Crippen LogP contribution in [-0.4, -0.2) is 36.0 Å². The third kappa shape index (κ3) is 5.76. The third-order valence-corrected chi connectivity index (χ3v) is 4.37. The van der Waals surface area contributed by atoms with E-state index in [1.807, 2.05) is 11.8 Å². The molecule has 0 bridgehead atoms. The maximum atomic E-state index is 11.6. The molecular weight excluding hydrogens is 250 g/mol. The second-order valence-corrected chi connectivity index (χ2v) is 5.72. The molecule has 1 fully saturated rings. The van der Waals surface area contributed by atoms with Gasteiger partial charge in [-0.05, 0) is 38.9 Å². The number of amides is 1. The highest BCUT2D eigenvalue weighted by molar-refractivity contribution is 7.99. The highest BCUT2D eigenvalue weighted by Gasteiger charge is 2.21. The molecular formula is C13H23NO3S. The van der Waals surface area contributed by atoms with E-state index in [-0.39, 0.29) is 24.7 Å². The summed E-state index contributed by atoms with van der Waals surface area (Å²) >= 11 is 1.91. The van der Waals surface area contributed by atoms with E-state index in [4.69, 9.17) is 4.74 Å². The Bertz CT molecular complexity index is 275. The number of esters is 1. The van der Waals surface area contributed by atoms with Crippen molar-refractivity contribution < 1.29 is 14.3 Å². The molecule has 0 aromatic rings. The van der Waals surface area contributed by atoms with Crippen molar-refractivity contribution >= 4 is 23.6 Å². The van der Waals surface area contributed by atoms with Crippen LogP contribution in [-0.2, 0) is 14.3 Å². The van der Waals surface area contributed by atoms with Crippen molar-refractivity contribution in [3.05, 3.63) is 0 Å². The Kier molecular flexibility index (Phi) is 7.16. The Labute approximate surface area is 113 Å². The topological polar surface area (TPSA) is 55.4 Å². The first-order chi connectivity index (χ1) is 8.65. The van der Waals surface area contributed by atoms with Gasteiger partial charge in [-0.3, -0.25) is 9.59 Å². The number of nitrogens with one attached hydrogen (secondary N) is 1. The summed E-state index contributed by atoms with van der Waals surface area (Å²) in [7, 11) is 0. The highest BCUT2D eigenvalue weighted by Crippen LogP contribution is 2.26. The van der Waals surface area contributed by atoms with Crippen molar-refractivity contribution in [3.8, 4) is 0 Å². The van der Waals surface area contributed by atoms with Gasteiger partial charge in [-0.2, -0.15) is 11.8 Å². The van der Waals surface area contributed by atoms with E-state index in [1.54, 1.807) is 6.92 Å². The molecule has 104 valence electrons. The number of ether oxygens (including phenoxy) is 1. The van der Waals surface area contributed by atoms with Gasteiger partial charge in [0, 0.05) is 17.7 Å². The molecule has 1 amide bonds. The molecule has 0 radical (unpaired) electrons. The number of carbonyl (C=O) groups is 2. The van der Waals surface area contributed by atoms with E-state index < -0.39 is 0 Å². The third-order valence-electron chi connectivity index (χ3n) is 3.23. The van der Waals surface area contributed by atoms with Crippen molar-refractivity contribution in [2.45, 2.75) is 56.7 Å². The fraction of sp³-hybridized carbons (Fsp3) is 0.846. The fourth-order valence-corrected chi connectivity index (χ4v) is 2.94. The second-order valence-electron chi connectivity index (χ2n) is 4.58. The molecule has 0 unspecified atom stereocenters. The van der Waals surface area contributed by atoms with Crippen LogP contribution in [0.4, 0.5) is 0 Å². The molecule has 0 saturated heterocycles. The Morgan fingerprint density at radius 1 is 1.22 bits per heavy atom. The van der Waals surface area contributed by atoms with Crippen molar-refractivity contribution in [3.63, 3.8) is 0 Å². The molecule has 1 aliphatic rings. The van der Waals surface area contributed by atoms with Crippen LogP contribution in [0.3, 0.4) is 0 Å². The summed E-state index contributed by atoms with van der Waals surface area (Å²) in [4.78, 5) is 22.8. The van der Waals surface area contributed by atoms with Gasteiger partial charge >= 0.3 is 5.97 Å².